The van der Waals surface area contributed by atoms with Gasteiger partial charge in [-0.3, -0.25) is 9.80 Å². The van der Waals surface area contributed by atoms with Gasteiger partial charge in [-0.2, -0.15) is 0 Å². The Labute approximate surface area is 194 Å². The quantitative estimate of drug-likeness (QED) is 0.602. The van der Waals surface area contributed by atoms with Crippen molar-refractivity contribution < 1.29 is 34.0 Å². The second-order valence-electron chi connectivity index (χ2n) is 7.65. The van der Waals surface area contributed by atoms with Gasteiger partial charge >= 0.3 is 11.9 Å². The van der Waals surface area contributed by atoms with Crippen molar-refractivity contribution in [3.8, 4) is 17.2 Å². The highest BCUT2D eigenvalue weighted by atomic mass is 16.5. The molecule has 0 spiro atoms. The lowest BCUT2D eigenvalue weighted by Gasteiger charge is -2.35. The zero-order valence-electron chi connectivity index (χ0n) is 19.5. The number of piperazine rings is 1. The van der Waals surface area contributed by atoms with E-state index in [0.717, 1.165) is 50.6 Å². The monoisotopic (exact) mass is 460 g/mol. The Hall–Kier alpha value is -3.30. The fourth-order valence-electron chi connectivity index (χ4n) is 3.70. The summed E-state index contributed by atoms with van der Waals surface area (Å²) in [6.45, 7) is 8.26. The van der Waals surface area contributed by atoms with E-state index in [1.807, 2.05) is 6.07 Å². The van der Waals surface area contributed by atoms with Crippen LogP contribution < -0.4 is 14.2 Å². The zero-order valence-corrected chi connectivity index (χ0v) is 19.5. The first-order valence-electron chi connectivity index (χ1n) is 10.5. The fourth-order valence-corrected chi connectivity index (χ4v) is 3.70. The summed E-state index contributed by atoms with van der Waals surface area (Å²) in [6, 6.07) is 12.8. The first-order chi connectivity index (χ1) is 15.8. The molecule has 0 atom stereocenters. The van der Waals surface area contributed by atoms with E-state index < -0.39 is 11.9 Å². The van der Waals surface area contributed by atoms with Crippen LogP contribution in [0.5, 0.6) is 17.2 Å². The molecule has 0 unspecified atom stereocenters. The lowest BCUT2D eigenvalue weighted by Crippen LogP contribution is -2.45. The summed E-state index contributed by atoms with van der Waals surface area (Å²) in [5.74, 6) is -1.53. The van der Waals surface area contributed by atoms with Crippen LogP contribution >= 0.6 is 0 Å². The predicted octanol–water partition coefficient (Wildman–Crippen LogP) is 2.49. The van der Waals surface area contributed by atoms with Gasteiger partial charge in [0.15, 0.2) is 11.5 Å². The number of methoxy groups -OCH3 is 3. The van der Waals surface area contributed by atoms with Crippen molar-refractivity contribution in [2.75, 3.05) is 47.5 Å². The molecular weight excluding hydrogens is 428 g/mol. The van der Waals surface area contributed by atoms with Gasteiger partial charge in [0.2, 0.25) is 5.75 Å². The largest absolute Gasteiger partial charge is 0.493 e. The highest BCUT2D eigenvalue weighted by molar-refractivity contribution is 6.27. The Morgan fingerprint density at radius 3 is 1.88 bits per heavy atom. The van der Waals surface area contributed by atoms with Gasteiger partial charge in [-0.25, -0.2) is 9.59 Å². The molecule has 0 aromatic heterocycles. The van der Waals surface area contributed by atoms with Crippen LogP contribution in [0.1, 0.15) is 16.7 Å². The summed E-state index contributed by atoms with van der Waals surface area (Å²) in [7, 11) is 4.97. The van der Waals surface area contributed by atoms with Gasteiger partial charge in [0.25, 0.3) is 0 Å². The smallest absolute Gasteiger partial charge is 0.414 e. The van der Waals surface area contributed by atoms with Gasteiger partial charge in [-0.1, -0.05) is 35.9 Å². The summed E-state index contributed by atoms with van der Waals surface area (Å²) in [5.41, 5.74) is 3.85. The lowest BCUT2D eigenvalue weighted by atomic mass is 10.1. The van der Waals surface area contributed by atoms with Gasteiger partial charge in [0, 0.05) is 44.8 Å². The maximum Gasteiger partial charge on any atom is 0.414 e. The van der Waals surface area contributed by atoms with Gasteiger partial charge in [-0.05, 0) is 18.6 Å². The van der Waals surface area contributed by atoms with E-state index in [0.29, 0.717) is 11.5 Å². The number of aliphatic carboxylic acids is 2. The third kappa shape index (κ3) is 7.65. The normalized spacial score (nSPS) is 14.1. The van der Waals surface area contributed by atoms with Crippen LogP contribution in [-0.4, -0.2) is 79.5 Å². The SMILES string of the molecule is COc1ccc(CN2CCN(Cc3cccc(C)c3)CC2)c(OC)c1OC.O=C(O)C(=O)O. The number of carbonyl (C=O) groups is 2. The molecule has 9 heteroatoms. The molecule has 1 aliphatic heterocycles. The van der Waals surface area contributed by atoms with E-state index in [2.05, 4.69) is 47.1 Å². The van der Waals surface area contributed by atoms with E-state index in [9.17, 15) is 0 Å². The molecule has 1 aliphatic rings. The molecular formula is C24H32N2O7. The van der Waals surface area contributed by atoms with Crippen molar-refractivity contribution in [1.29, 1.82) is 0 Å². The van der Waals surface area contributed by atoms with Gasteiger partial charge in [-0.15, -0.1) is 0 Å². The van der Waals surface area contributed by atoms with E-state index in [1.54, 1.807) is 21.3 Å². The Kier molecular flexibility index (Phi) is 9.96. The second kappa shape index (κ2) is 12.7. The third-order valence-corrected chi connectivity index (χ3v) is 5.32. The lowest BCUT2D eigenvalue weighted by molar-refractivity contribution is -0.159. The van der Waals surface area contributed by atoms with Gasteiger partial charge in [0.05, 0.1) is 21.3 Å². The molecule has 1 heterocycles. The number of hydrogen-bond acceptors (Lipinski definition) is 7. The molecule has 2 N–H and O–H groups in total. The summed E-state index contributed by atoms with van der Waals surface area (Å²) in [5, 5.41) is 14.8. The Bertz CT molecular complexity index is 928. The van der Waals surface area contributed by atoms with Crippen LogP contribution in [-0.2, 0) is 22.7 Å². The maximum atomic E-state index is 9.10. The third-order valence-electron chi connectivity index (χ3n) is 5.32. The summed E-state index contributed by atoms with van der Waals surface area (Å²) in [6.07, 6.45) is 0. The Morgan fingerprint density at radius 2 is 1.39 bits per heavy atom. The molecule has 0 amide bonds. The van der Waals surface area contributed by atoms with Crippen LogP contribution in [0.2, 0.25) is 0 Å². The number of nitrogens with zero attached hydrogens (tertiary/aromatic N) is 2. The first kappa shape index (κ1) is 26.0. The fraction of sp³-hybridized carbons (Fsp3) is 0.417. The topological polar surface area (TPSA) is 109 Å². The number of rotatable bonds is 7. The first-order valence-corrected chi connectivity index (χ1v) is 10.5. The number of benzene rings is 2. The van der Waals surface area contributed by atoms with E-state index >= 15 is 0 Å². The molecule has 1 saturated heterocycles. The number of hydrogen-bond donors (Lipinski definition) is 2. The zero-order chi connectivity index (χ0) is 24.4. The van der Waals surface area contributed by atoms with Crippen molar-refractivity contribution in [3.05, 3.63) is 53.1 Å². The number of ether oxygens (including phenoxy) is 3. The average molecular weight is 461 g/mol. The van der Waals surface area contributed by atoms with Gasteiger partial charge in [0.1, 0.15) is 0 Å². The molecule has 9 nitrogen and oxygen atoms in total. The van der Waals surface area contributed by atoms with Crippen molar-refractivity contribution >= 4 is 11.9 Å². The van der Waals surface area contributed by atoms with E-state index in [1.165, 1.54) is 11.1 Å². The molecule has 0 saturated carbocycles. The molecule has 180 valence electrons. The van der Waals surface area contributed by atoms with Crippen molar-refractivity contribution in [3.63, 3.8) is 0 Å². The molecule has 2 aromatic rings. The van der Waals surface area contributed by atoms with Crippen LogP contribution in [0.25, 0.3) is 0 Å². The molecule has 3 rings (SSSR count). The Morgan fingerprint density at radius 1 is 0.818 bits per heavy atom. The van der Waals surface area contributed by atoms with E-state index in [4.69, 9.17) is 34.0 Å². The predicted molar refractivity (Wildman–Crippen MR) is 123 cm³/mol. The minimum Gasteiger partial charge on any atom is -0.493 e. The molecule has 2 aromatic carbocycles. The number of aryl methyl sites for hydroxylation is 1. The molecule has 0 bridgehead atoms. The standard InChI is InChI=1S/C22H30N2O3.C2H2O4/c1-17-6-5-7-18(14-17)15-23-10-12-24(13-11-23)16-19-8-9-20(25-2)22(27-4)21(19)26-3;3-1(4)2(5)6/h5-9,14H,10-13,15-16H2,1-4H3;(H,3,4)(H,5,6). The molecule has 0 aliphatic carbocycles. The molecule has 1 fully saturated rings. The van der Waals surface area contributed by atoms with E-state index in [-0.39, 0.29) is 0 Å². The maximum absolute atomic E-state index is 9.10. The van der Waals surface area contributed by atoms with Crippen LogP contribution in [0, 0.1) is 6.92 Å². The minimum absolute atomic E-state index is 0.663. The molecule has 0 radical (unpaired) electrons. The van der Waals surface area contributed by atoms with Crippen molar-refractivity contribution in [1.82, 2.24) is 9.80 Å². The molecule has 33 heavy (non-hydrogen) atoms. The average Bonchev–Trinajstić information content (AvgIpc) is 2.80. The summed E-state index contributed by atoms with van der Waals surface area (Å²) >= 11 is 0. The minimum atomic E-state index is -1.82. The number of carboxylic acid groups (broad SMARTS) is 2. The highest BCUT2D eigenvalue weighted by Crippen LogP contribution is 2.40. The van der Waals surface area contributed by atoms with Crippen LogP contribution in [0.4, 0.5) is 0 Å². The number of carboxylic acids is 2. The van der Waals surface area contributed by atoms with Crippen molar-refractivity contribution in [2.45, 2.75) is 20.0 Å². The van der Waals surface area contributed by atoms with Crippen LogP contribution in [0.3, 0.4) is 0 Å². The summed E-state index contributed by atoms with van der Waals surface area (Å²) in [4.78, 5) is 23.2. The second-order valence-corrected chi connectivity index (χ2v) is 7.65. The highest BCUT2D eigenvalue weighted by Gasteiger charge is 2.21. The van der Waals surface area contributed by atoms with Crippen LogP contribution in [0.15, 0.2) is 36.4 Å². The Balaban J connectivity index is 0.000000569. The summed E-state index contributed by atoms with van der Waals surface area (Å²) < 4.78 is 16.5. The van der Waals surface area contributed by atoms with Gasteiger partial charge < -0.3 is 24.4 Å². The van der Waals surface area contributed by atoms with Crippen molar-refractivity contribution in [2.24, 2.45) is 0 Å².